The summed E-state index contributed by atoms with van der Waals surface area (Å²) < 4.78 is 1.76. The van der Waals surface area contributed by atoms with Crippen LogP contribution in [0, 0.1) is 0 Å². The second-order valence-corrected chi connectivity index (χ2v) is 6.66. The van der Waals surface area contributed by atoms with E-state index in [-0.39, 0.29) is 5.41 Å². The van der Waals surface area contributed by atoms with Gasteiger partial charge in [0.1, 0.15) is 0 Å². The number of benzene rings is 2. The van der Waals surface area contributed by atoms with Crippen molar-refractivity contribution in [3.05, 3.63) is 53.6 Å². The van der Waals surface area contributed by atoms with Crippen molar-refractivity contribution in [3.8, 4) is 5.69 Å². The van der Waals surface area contributed by atoms with E-state index in [9.17, 15) is 4.79 Å². The number of aromatic nitrogens is 2. The number of nitrogens with zero attached hydrogens (tertiary/aromatic N) is 2. The minimum atomic E-state index is -0.509. The van der Waals surface area contributed by atoms with Gasteiger partial charge in [-0.25, -0.2) is 4.68 Å². The molecule has 0 atom stereocenters. The molecular weight excluding hydrogens is 288 g/mol. The SMILES string of the molecule is CC(C)(C)c1cccc(-n2nc(N)c3c(C(N)=O)cccc32)c1. The van der Waals surface area contributed by atoms with Gasteiger partial charge in [-0.05, 0) is 35.2 Å². The molecule has 4 N–H and O–H groups in total. The first-order chi connectivity index (χ1) is 10.8. The molecule has 2 aromatic carbocycles. The van der Waals surface area contributed by atoms with Gasteiger partial charge in [0.25, 0.3) is 0 Å². The van der Waals surface area contributed by atoms with Crippen LogP contribution in [0.2, 0.25) is 0 Å². The standard InChI is InChI=1S/C18H20N4O/c1-18(2,3)11-6-4-7-12(10-11)22-14-9-5-8-13(17(20)23)15(14)16(19)21-22/h4-10H,1-3H3,(H2,19,21)(H2,20,23). The van der Waals surface area contributed by atoms with Crippen LogP contribution in [0.3, 0.4) is 0 Å². The van der Waals surface area contributed by atoms with E-state index in [0.717, 1.165) is 11.2 Å². The van der Waals surface area contributed by atoms with E-state index in [4.69, 9.17) is 11.5 Å². The van der Waals surface area contributed by atoms with Crippen molar-refractivity contribution in [2.75, 3.05) is 5.73 Å². The maximum atomic E-state index is 11.6. The van der Waals surface area contributed by atoms with E-state index >= 15 is 0 Å². The summed E-state index contributed by atoms with van der Waals surface area (Å²) in [4.78, 5) is 11.6. The monoisotopic (exact) mass is 308 g/mol. The Kier molecular flexibility index (Phi) is 3.36. The van der Waals surface area contributed by atoms with E-state index < -0.39 is 5.91 Å². The Bertz CT molecular complexity index is 903. The maximum absolute atomic E-state index is 11.6. The van der Waals surface area contributed by atoms with Crippen molar-refractivity contribution in [2.45, 2.75) is 26.2 Å². The van der Waals surface area contributed by atoms with Gasteiger partial charge in [-0.15, -0.1) is 5.10 Å². The summed E-state index contributed by atoms with van der Waals surface area (Å²) in [6.45, 7) is 6.48. The smallest absolute Gasteiger partial charge is 0.249 e. The lowest BCUT2D eigenvalue weighted by Gasteiger charge is -2.19. The molecule has 0 saturated carbocycles. The lowest BCUT2D eigenvalue weighted by molar-refractivity contribution is 0.100. The lowest BCUT2D eigenvalue weighted by atomic mass is 9.87. The van der Waals surface area contributed by atoms with Crippen LogP contribution in [0.1, 0.15) is 36.7 Å². The molecule has 0 aliphatic carbocycles. The molecule has 1 amide bonds. The van der Waals surface area contributed by atoms with Gasteiger partial charge in [-0.2, -0.15) is 0 Å². The minimum Gasteiger partial charge on any atom is -0.382 e. The van der Waals surface area contributed by atoms with E-state index in [1.807, 2.05) is 18.2 Å². The molecule has 0 saturated heterocycles. The lowest BCUT2D eigenvalue weighted by Crippen LogP contribution is -2.12. The van der Waals surface area contributed by atoms with Crippen LogP contribution >= 0.6 is 0 Å². The van der Waals surface area contributed by atoms with Gasteiger partial charge in [-0.3, -0.25) is 4.79 Å². The number of nitrogens with two attached hydrogens (primary N) is 2. The average Bonchev–Trinajstić information content (AvgIpc) is 2.84. The molecule has 118 valence electrons. The van der Waals surface area contributed by atoms with Crippen LogP contribution in [0.4, 0.5) is 5.82 Å². The summed E-state index contributed by atoms with van der Waals surface area (Å²) >= 11 is 0. The molecule has 23 heavy (non-hydrogen) atoms. The number of anilines is 1. The number of carbonyl (C=O) groups is 1. The van der Waals surface area contributed by atoms with Gasteiger partial charge in [0, 0.05) is 0 Å². The van der Waals surface area contributed by atoms with Crippen molar-refractivity contribution in [1.29, 1.82) is 0 Å². The normalized spacial score (nSPS) is 11.8. The summed E-state index contributed by atoms with van der Waals surface area (Å²) in [5.74, 6) is -0.208. The molecule has 1 heterocycles. The van der Waals surface area contributed by atoms with Gasteiger partial charge in [0.2, 0.25) is 5.91 Å². The second kappa shape index (κ2) is 5.12. The third kappa shape index (κ3) is 2.54. The first kappa shape index (κ1) is 15.1. The van der Waals surface area contributed by atoms with Crippen molar-refractivity contribution >= 4 is 22.6 Å². The number of nitrogen functional groups attached to an aromatic ring is 1. The van der Waals surface area contributed by atoms with E-state index in [0.29, 0.717) is 16.8 Å². The number of amides is 1. The van der Waals surface area contributed by atoms with Crippen molar-refractivity contribution in [3.63, 3.8) is 0 Å². The summed E-state index contributed by atoms with van der Waals surface area (Å²) in [7, 11) is 0. The number of hydrogen-bond acceptors (Lipinski definition) is 3. The second-order valence-electron chi connectivity index (χ2n) is 6.66. The summed E-state index contributed by atoms with van der Waals surface area (Å²) in [6, 6.07) is 13.5. The van der Waals surface area contributed by atoms with Gasteiger partial charge in [-0.1, -0.05) is 39.0 Å². The Morgan fingerprint density at radius 2 is 1.83 bits per heavy atom. The minimum absolute atomic E-state index is 0.0307. The van der Waals surface area contributed by atoms with Crippen molar-refractivity contribution < 1.29 is 4.79 Å². The molecule has 0 spiro atoms. The highest BCUT2D eigenvalue weighted by molar-refractivity contribution is 6.09. The third-order valence-electron chi connectivity index (χ3n) is 3.96. The highest BCUT2D eigenvalue weighted by Crippen LogP contribution is 2.29. The fourth-order valence-corrected chi connectivity index (χ4v) is 2.70. The fraction of sp³-hybridized carbons (Fsp3) is 0.222. The molecule has 0 unspecified atom stereocenters. The fourth-order valence-electron chi connectivity index (χ4n) is 2.70. The number of primary amides is 1. The van der Waals surface area contributed by atoms with E-state index in [1.165, 1.54) is 5.56 Å². The first-order valence-electron chi connectivity index (χ1n) is 7.47. The largest absolute Gasteiger partial charge is 0.382 e. The Hall–Kier alpha value is -2.82. The molecule has 0 radical (unpaired) electrons. The molecule has 0 aliphatic heterocycles. The molecule has 5 nitrogen and oxygen atoms in total. The molecule has 0 bridgehead atoms. The molecule has 0 fully saturated rings. The maximum Gasteiger partial charge on any atom is 0.249 e. The van der Waals surface area contributed by atoms with E-state index in [1.54, 1.807) is 16.8 Å². The number of fused-ring (bicyclic) bond motifs is 1. The summed E-state index contributed by atoms with van der Waals surface area (Å²) in [5, 5.41) is 5.01. The Balaban J connectivity index is 2.26. The molecule has 0 aliphatic rings. The summed E-state index contributed by atoms with van der Waals surface area (Å²) in [5.41, 5.74) is 14.8. The van der Waals surface area contributed by atoms with Crippen molar-refractivity contribution in [2.24, 2.45) is 5.73 Å². The van der Waals surface area contributed by atoms with Crippen LogP contribution in [-0.4, -0.2) is 15.7 Å². The zero-order valence-electron chi connectivity index (χ0n) is 13.5. The Labute approximate surface area is 134 Å². The molecule has 5 heteroatoms. The highest BCUT2D eigenvalue weighted by atomic mass is 16.1. The first-order valence-corrected chi connectivity index (χ1v) is 7.47. The molecule has 3 rings (SSSR count). The van der Waals surface area contributed by atoms with Crippen LogP contribution in [0.25, 0.3) is 16.6 Å². The van der Waals surface area contributed by atoms with Crippen LogP contribution < -0.4 is 11.5 Å². The predicted octanol–water partition coefficient (Wildman–Crippen LogP) is 3.00. The Morgan fingerprint density at radius 3 is 2.48 bits per heavy atom. The zero-order valence-corrected chi connectivity index (χ0v) is 13.5. The van der Waals surface area contributed by atoms with Crippen LogP contribution in [0.15, 0.2) is 42.5 Å². The molecule has 3 aromatic rings. The Morgan fingerprint density at radius 1 is 1.13 bits per heavy atom. The van der Waals surface area contributed by atoms with Gasteiger partial charge >= 0.3 is 0 Å². The van der Waals surface area contributed by atoms with Crippen molar-refractivity contribution in [1.82, 2.24) is 9.78 Å². The number of hydrogen-bond donors (Lipinski definition) is 2. The number of carbonyl (C=O) groups excluding carboxylic acids is 1. The quantitative estimate of drug-likeness (QED) is 0.763. The van der Waals surface area contributed by atoms with Gasteiger partial charge in [0.05, 0.1) is 22.2 Å². The average molecular weight is 308 g/mol. The van der Waals surface area contributed by atoms with Crippen LogP contribution in [0.5, 0.6) is 0 Å². The molecular formula is C18H20N4O. The zero-order chi connectivity index (χ0) is 16.8. The number of rotatable bonds is 2. The topological polar surface area (TPSA) is 86.9 Å². The summed E-state index contributed by atoms with van der Waals surface area (Å²) in [6.07, 6.45) is 0. The van der Waals surface area contributed by atoms with E-state index in [2.05, 4.69) is 38.0 Å². The third-order valence-corrected chi connectivity index (χ3v) is 3.96. The van der Waals surface area contributed by atoms with Gasteiger partial charge in [0.15, 0.2) is 5.82 Å². The van der Waals surface area contributed by atoms with Crippen LogP contribution in [-0.2, 0) is 5.41 Å². The highest BCUT2D eigenvalue weighted by Gasteiger charge is 2.18. The van der Waals surface area contributed by atoms with Gasteiger partial charge < -0.3 is 11.5 Å². The predicted molar refractivity (Wildman–Crippen MR) is 92.7 cm³/mol. The molecule has 1 aromatic heterocycles.